The number of benzene rings is 2. The average molecular weight is 450 g/mol. The molecule has 1 N–H and O–H groups in total. The van der Waals surface area contributed by atoms with Crippen molar-refractivity contribution < 1.29 is 4.79 Å². The second kappa shape index (κ2) is 10.7. The first kappa shape index (κ1) is 22.4. The Bertz CT molecular complexity index is 997. The largest absolute Gasteiger partial charge is 0.352 e. The minimum atomic E-state index is 0.0456. The summed E-state index contributed by atoms with van der Waals surface area (Å²) in [5, 5.41) is 3.98. The first-order valence-electron chi connectivity index (χ1n) is 11.2. The SMILES string of the molecule is Cc1ccc(Cc2nsc(N(C)CC(=O)NC3CCN(Cc4ccccc4)CC3)n2)cc1. The van der Waals surface area contributed by atoms with Crippen LogP contribution in [0.2, 0.25) is 0 Å². The molecule has 1 aliphatic heterocycles. The first-order valence-corrected chi connectivity index (χ1v) is 12.0. The number of aromatic nitrogens is 2. The lowest BCUT2D eigenvalue weighted by Gasteiger charge is -2.32. The van der Waals surface area contributed by atoms with Gasteiger partial charge in [0.25, 0.3) is 0 Å². The lowest BCUT2D eigenvalue weighted by Crippen LogP contribution is -2.46. The number of nitrogens with zero attached hydrogens (tertiary/aromatic N) is 4. The molecule has 1 fully saturated rings. The van der Waals surface area contributed by atoms with Gasteiger partial charge in [-0.15, -0.1) is 0 Å². The average Bonchev–Trinajstić information content (AvgIpc) is 3.26. The van der Waals surface area contributed by atoms with Crippen molar-refractivity contribution >= 4 is 22.6 Å². The van der Waals surface area contributed by atoms with E-state index >= 15 is 0 Å². The molecule has 2 heterocycles. The van der Waals surface area contributed by atoms with Gasteiger partial charge in [0.1, 0.15) is 5.82 Å². The zero-order valence-electron chi connectivity index (χ0n) is 18.8. The fourth-order valence-electron chi connectivity index (χ4n) is 3.99. The number of aryl methyl sites for hydroxylation is 1. The smallest absolute Gasteiger partial charge is 0.239 e. The molecule has 0 unspecified atom stereocenters. The van der Waals surface area contributed by atoms with Crippen LogP contribution in [-0.2, 0) is 17.8 Å². The van der Waals surface area contributed by atoms with Crippen LogP contribution < -0.4 is 10.2 Å². The Morgan fingerprint density at radius 1 is 1.09 bits per heavy atom. The molecule has 0 bridgehead atoms. The monoisotopic (exact) mass is 449 g/mol. The summed E-state index contributed by atoms with van der Waals surface area (Å²) in [6, 6.07) is 19.2. The Morgan fingerprint density at radius 3 is 2.53 bits per heavy atom. The van der Waals surface area contributed by atoms with Crippen LogP contribution in [0.3, 0.4) is 0 Å². The van der Waals surface area contributed by atoms with Crippen molar-refractivity contribution in [3.8, 4) is 0 Å². The second-order valence-corrected chi connectivity index (χ2v) is 9.35. The number of anilines is 1. The fraction of sp³-hybridized carbons (Fsp3) is 0.400. The predicted octanol–water partition coefficient (Wildman–Crippen LogP) is 3.65. The zero-order chi connectivity index (χ0) is 22.3. The number of hydrogen-bond acceptors (Lipinski definition) is 6. The van der Waals surface area contributed by atoms with Crippen LogP contribution in [0.5, 0.6) is 0 Å². The topological polar surface area (TPSA) is 61.4 Å². The number of likely N-dealkylation sites (tertiary alicyclic amines) is 1. The lowest BCUT2D eigenvalue weighted by atomic mass is 10.0. The molecule has 7 heteroatoms. The summed E-state index contributed by atoms with van der Waals surface area (Å²) in [5.74, 6) is 0.844. The van der Waals surface area contributed by atoms with Gasteiger partial charge in [0, 0.05) is 50.7 Å². The number of piperidine rings is 1. The van der Waals surface area contributed by atoms with Gasteiger partial charge in [-0.3, -0.25) is 9.69 Å². The molecular formula is C25H31N5OS. The summed E-state index contributed by atoms with van der Waals surface area (Å²) in [6.45, 7) is 5.37. The Labute approximate surface area is 194 Å². The van der Waals surface area contributed by atoms with E-state index < -0.39 is 0 Å². The molecule has 2 aromatic carbocycles. The van der Waals surface area contributed by atoms with Crippen LogP contribution >= 0.6 is 11.5 Å². The molecule has 1 aromatic heterocycles. The van der Waals surface area contributed by atoms with E-state index in [1.54, 1.807) is 0 Å². The molecular weight excluding hydrogens is 418 g/mol. The predicted molar refractivity (Wildman–Crippen MR) is 130 cm³/mol. The van der Waals surface area contributed by atoms with Crippen LogP contribution in [0.25, 0.3) is 0 Å². The van der Waals surface area contributed by atoms with Gasteiger partial charge in [0.2, 0.25) is 11.0 Å². The van der Waals surface area contributed by atoms with E-state index in [2.05, 4.69) is 81.1 Å². The Kier molecular flexibility index (Phi) is 7.50. The maximum absolute atomic E-state index is 12.6. The second-order valence-electron chi connectivity index (χ2n) is 8.62. The molecule has 0 spiro atoms. The molecule has 1 aliphatic rings. The number of amides is 1. The normalized spacial score (nSPS) is 14.9. The summed E-state index contributed by atoms with van der Waals surface area (Å²) in [6.07, 6.45) is 2.68. The number of carbonyl (C=O) groups is 1. The molecule has 0 atom stereocenters. The molecule has 3 aromatic rings. The van der Waals surface area contributed by atoms with Crippen LogP contribution in [0, 0.1) is 6.92 Å². The molecule has 1 amide bonds. The third-order valence-electron chi connectivity index (χ3n) is 5.85. The molecule has 0 saturated carbocycles. The first-order chi connectivity index (χ1) is 15.5. The van der Waals surface area contributed by atoms with Crippen LogP contribution in [0.1, 0.15) is 35.4 Å². The van der Waals surface area contributed by atoms with E-state index in [4.69, 9.17) is 0 Å². The van der Waals surface area contributed by atoms with Gasteiger partial charge < -0.3 is 10.2 Å². The summed E-state index contributed by atoms with van der Waals surface area (Å²) in [4.78, 5) is 21.6. The molecule has 6 nitrogen and oxygen atoms in total. The molecule has 168 valence electrons. The summed E-state index contributed by atoms with van der Waals surface area (Å²) < 4.78 is 4.47. The molecule has 32 heavy (non-hydrogen) atoms. The maximum Gasteiger partial charge on any atom is 0.239 e. The molecule has 0 aliphatic carbocycles. The van der Waals surface area contributed by atoms with E-state index in [-0.39, 0.29) is 11.9 Å². The van der Waals surface area contributed by atoms with Crippen molar-refractivity contribution in [2.24, 2.45) is 0 Å². The third kappa shape index (κ3) is 6.37. The highest BCUT2D eigenvalue weighted by Gasteiger charge is 2.21. The highest BCUT2D eigenvalue weighted by atomic mass is 32.1. The standard InChI is InChI=1S/C25H31N5OS/c1-19-8-10-20(11-9-19)16-23-27-25(32-28-23)29(2)18-24(31)26-22-12-14-30(15-13-22)17-21-6-4-3-5-7-21/h3-11,22H,12-18H2,1-2H3,(H,26,31). The summed E-state index contributed by atoms with van der Waals surface area (Å²) in [5.41, 5.74) is 3.78. The van der Waals surface area contributed by atoms with E-state index in [1.807, 2.05) is 11.9 Å². The minimum absolute atomic E-state index is 0.0456. The van der Waals surface area contributed by atoms with Crippen LogP contribution in [0.15, 0.2) is 54.6 Å². The number of rotatable bonds is 8. The van der Waals surface area contributed by atoms with Crippen LogP contribution in [0.4, 0.5) is 5.13 Å². The number of carbonyl (C=O) groups excluding carboxylic acids is 1. The van der Waals surface area contributed by atoms with Crippen molar-refractivity contribution in [3.05, 3.63) is 77.1 Å². The third-order valence-corrected chi connectivity index (χ3v) is 6.72. The van der Waals surface area contributed by atoms with E-state index in [1.165, 1.54) is 28.2 Å². The summed E-state index contributed by atoms with van der Waals surface area (Å²) >= 11 is 1.35. The molecule has 4 rings (SSSR count). The highest BCUT2D eigenvalue weighted by molar-refractivity contribution is 7.09. The van der Waals surface area contributed by atoms with Gasteiger partial charge in [0.15, 0.2) is 0 Å². The van der Waals surface area contributed by atoms with Gasteiger partial charge >= 0.3 is 0 Å². The Morgan fingerprint density at radius 2 is 1.81 bits per heavy atom. The van der Waals surface area contributed by atoms with Crippen molar-refractivity contribution in [2.45, 2.75) is 38.8 Å². The van der Waals surface area contributed by atoms with E-state index in [9.17, 15) is 4.79 Å². The van der Waals surface area contributed by atoms with Gasteiger partial charge in [-0.1, -0.05) is 60.2 Å². The fourth-order valence-corrected chi connectivity index (χ4v) is 4.64. The lowest BCUT2D eigenvalue weighted by molar-refractivity contribution is -0.120. The quantitative estimate of drug-likeness (QED) is 0.569. The van der Waals surface area contributed by atoms with Crippen molar-refractivity contribution in [2.75, 3.05) is 31.6 Å². The Hall–Kier alpha value is -2.77. The van der Waals surface area contributed by atoms with Gasteiger partial charge in [-0.2, -0.15) is 4.37 Å². The summed E-state index contributed by atoms with van der Waals surface area (Å²) in [7, 11) is 1.90. The molecule has 1 saturated heterocycles. The Balaban J connectivity index is 1.20. The van der Waals surface area contributed by atoms with Gasteiger partial charge in [0.05, 0.1) is 6.54 Å². The zero-order valence-corrected chi connectivity index (χ0v) is 19.6. The van der Waals surface area contributed by atoms with Crippen molar-refractivity contribution in [1.82, 2.24) is 19.6 Å². The van der Waals surface area contributed by atoms with Gasteiger partial charge in [-0.25, -0.2) is 4.98 Å². The minimum Gasteiger partial charge on any atom is -0.352 e. The van der Waals surface area contributed by atoms with E-state index in [0.717, 1.165) is 43.4 Å². The van der Waals surface area contributed by atoms with Gasteiger partial charge in [-0.05, 0) is 30.9 Å². The maximum atomic E-state index is 12.6. The van der Waals surface area contributed by atoms with Crippen molar-refractivity contribution in [1.29, 1.82) is 0 Å². The number of nitrogens with one attached hydrogen (secondary N) is 1. The number of hydrogen-bond donors (Lipinski definition) is 1. The highest BCUT2D eigenvalue weighted by Crippen LogP contribution is 2.18. The number of likely N-dealkylation sites (N-methyl/N-ethyl adjacent to an activating group) is 1. The molecule has 0 radical (unpaired) electrons. The van der Waals surface area contributed by atoms with E-state index in [0.29, 0.717) is 13.0 Å². The van der Waals surface area contributed by atoms with Crippen LogP contribution in [-0.4, -0.2) is 52.9 Å². The van der Waals surface area contributed by atoms with Crippen molar-refractivity contribution in [3.63, 3.8) is 0 Å².